The van der Waals surface area contributed by atoms with Crippen molar-refractivity contribution in [3.63, 3.8) is 0 Å². The lowest BCUT2D eigenvalue weighted by Gasteiger charge is -2.15. The van der Waals surface area contributed by atoms with E-state index in [1.165, 1.54) is 55.7 Å². The molecule has 0 aliphatic carbocycles. The summed E-state index contributed by atoms with van der Waals surface area (Å²) in [6.07, 6.45) is 3.41. The maximum atomic E-state index is 13.8. The van der Waals surface area contributed by atoms with Crippen molar-refractivity contribution in [1.29, 1.82) is 5.26 Å². The summed E-state index contributed by atoms with van der Waals surface area (Å²) in [6, 6.07) is 9.01. The van der Waals surface area contributed by atoms with Gasteiger partial charge in [0.2, 0.25) is 0 Å². The zero-order valence-corrected chi connectivity index (χ0v) is 18.1. The summed E-state index contributed by atoms with van der Waals surface area (Å²) in [5, 5.41) is 13.1. The molecule has 0 atom stereocenters. The minimum atomic E-state index is -3.16. The molecule has 0 amide bonds. The Kier molecular flexibility index (Phi) is 4.91. The van der Waals surface area contributed by atoms with Crippen LogP contribution in [0.15, 0.2) is 48.7 Å². The highest BCUT2D eigenvalue weighted by Crippen LogP contribution is 2.34. The van der Waals surface area contributed by atoms with Gasteiger partial charge in [-0.15, -0.1) is 0 Å². The van der Waals surface area contributed by atoms with Gasteiger partial charge in [0.1, 0.15) is 17.6 Å². The predicted octanol–water partition coefficient (Wildman–Crippen LogP) is 4.93. The molecule has 170 valence electrons. The van der Waals surface area contributed by atoms with Crippen molar-refractivity contribution in [2.75, 3.05) is 32.4 Å². The highest BCUT2D eigenvalue weighted by molar-refractivity contribution is 5.98. The molecule has 33 heavy (non-hydrogen) atoms. The van der Waals surface area contributed by atoms with Crippen LogP contribution in [-0.2, 0) is 11.2 Å². The van der Waals surface area contributed by atoms with Crippen molar-refractivity contribution >= 4 is 28.1 Å². The molecule has 1 N–H and O–H groups in total. The molecular weight excluding hydrogens is 419 g/mol. The second-order valence-corrected chi connectivity index (χ2v) is 7.35. The van der Waals surface area contributed by atoms with Crippen LogP contribution in [0.2, 0.25) is 0 Å². The fourth-order valence-electron chi connectivity index (χ4n) is 3.23. The highest BCUT2D eigenvalue weighted by atomic mass is 19.1. The Bertz CT molecular complexity index is 1530. The number of aryl methyl sites for hydroxylation is 1. The number of anilines is 2. The van der Waals surface area contributed by atoms with E-state index in [9.17, 15) is 14.4 Å². The Morgan fingerprint density at radius 1 is 1.42 bits per heavy atom. The molecule has 0 saturated heterocycles. The summed E-state index contributed by atoms with van der Waals surface area (Å²) in [6.45, 7) is -7.10. The smallest absolute Gasteiger partial charge is 0.159 e. The van der Waals surface area contributed by atoms with Gasteiger partial charge < -0.3 is 15.0 Å². The van der Waals surface area contributed by atoms with Crippen LogP contribution in [0, 0.1) is 24.1 Å². The first-order valence-corrected chi connectivity index (χ1v) is 9.91. The quantitative estimate of drug-likeness (QED) is 0.462. The molecule has 6 nitrogen and oxygen atoms in total. The number of carbonyl (C=O) groups is 1. The number of allylic oxidation sites excluding steroid dienone is 1. The molecule has 3 rings (SSSR count). The summed E-state index contributed by atoms with van der Waals surface area (Å²) in [5.41, 5.74) is 1.52. The fraction of sp³-hybridized carbons (Fsp3) is 0.269. The van der Waals surface area contributed by atoms with E-state index in [2.05, 4.69) is 10.3 Å². The first-order valence-electron chi connectivity index (χ1n) is 13.9. The molecule has 7 heteroatoms. The van der Waals surface area contributed by atoms with Crippen LogP contribution in [-0.4, -0.2) is 42.8 Å². The van der Waals surface area contributed by atoms with Crippen molar-refractivity contribution in [3.05, 3.63) is 71.2 Å². The van der Waals surface area contributed by atoms with Gasteiger partial charge in [0.05, 0.1) is 26.1 Å². The number of ether oxygens (including phenoxy) is 1. The topological polar surface area (TPSA) is 78.3 Å². The van der Waals surface area contributed by atoms with Crippen LogP contribution in [0.4, 0.5) is 15.8 Å². The van der Waals surface area contributed by atoms with E-state index in [4.69, 9.17) is 15.7 Å². The van der Waals surface area contributed by atoms with Crippen LogP contribution >= 0.6 is 0 Å². The summed E-state index contributed by atoms with van der Waals surface area (Å²) < 4.78 is 79.6. The third-order valence-corrected chi connectivity index (χ3v) is 4.81. The Labute approximate surface area is 204 Å². The largest absolute Gasteiger partial charge is 0.494 e. The first kappa shape index (κ1) is 15.1. The molecular formula is C26H27FN4O2. The van der Waals surface area contributed by atoms with Crippen LogP contribution < -0.4 is 10.1 Å². The van der Waals surface area contributed by atoms with Crippen LogP contribution in [0.3, 0.4) is 0 Å². The third-order valence-electron chi connectivity index (χ3n) is 4.81. The normalized spacial score (nSPS) is 16.0. The van der Waals surface area contributed by atoms with E-state index in [1.54, 1.807) is 6.92 Å². The van der Waals surface area contributed by atoms with Gasteiger partial charge in [-0.2, -0.15) is 5.26 Å². The van der Waals surface area contributed by atoms with Crippen LogP contribution in [0.5, 0.6) is 5.75 Å². The van der Waals surface area contributed by atoms with Gasteiger partial charge in [-0.3, -0.25) is 9.78 Å². The standard InChI is InChI=1S/C26H27FN4O2/c1-5-33-25-14-24-22(13-18(25)12-21(32)7-6-10-31(3)4)26(19(15-28)16-29-24)30-20-8-9-23(27)17(2)11-20/h6-9,11,13-14,16H,5,10,12H2,1-4H3,(H,29,30)/b7-6+/i1D3,3D3,5D2. The van der Waals surface area contributed by atoms with Crippen LogP contribution in [0.1, 0.15) is 34.5 Å². The lowest BCUT2D eigenvalue weighted by Crippen LogP contribution is -2.11. The number of pyridine rings is 1. The van der Waals surface area contributed by atoms with Gasteiger partial charge in [0.25, 0.3) is 0 Å². The van der Waals surface area contributed by atoms with Gasteiger partial charge in [0.15, 0.2) is 5.78 Å². The van der Waals surface area contributed by atoms with Gasteiger partial charge in [-0.1, -0.05) is 6.08 Å². The summed E-state index contributed by atoms with van der Waals surface area (Å²) in [5.74, 6) is -1.17. The number of halogens is 1. The van der Waals surface area contributed by atoms with E-state index in [1.807, 2.05) is 6.07 Å². The average Bonchev–Trinajstić information content (AvgIpc) is 2.85. The molecule has 0 radical (unpaired) electrons. The van der Waals surface area contributed by atoms with E-state index in [0.717, 1.165) is 4.90 Å². The summed E-state index contributed by atoms with van der Waals surface area (Å²) >= 11 is 0. The number of hydrogen-bond acceptors (Lipinski definition) is 6. The number of fused-ring (bicyclic) bond motifs is 1. The minimum Gasteiger partial charge on any atom is -0.494 e. The first-order chi connectivity index (χ1) is 18.9. The zero-order valence-electron chi connectivity index (χ0n) is 26.1. The lowest BCUT2D eigenvalue weighted by molar-refractivity contribution is -0.114. The molecule has 0 fully saturated rings. The van der Waals surface area contributed by atoms with Crippen LogP contribution in [0.25, 0.3) is 10.9 Å². The summed E-state index contributed by atoms with van der Waals surface area (Å²) in [7, 11) is 1.37. The Morgan fingerprint density at radius 3 is 3.00 bits per heavy atom. The monoisotopic (exact) mass is 454 g/mol. The Morgan fingerprint density at radius 2 is 2.27 bits per heavy atom. The van der Waals surface area contributed by atoms with Gasteiger partial charge in [-0.05, 0) is 63.7 Å². The number of nitrogens with one attached hydrogen (secondary N) is 1. The van der Waals surface area contributed by atoms with Gasteiger partial charge >= 0.3 is 0 Å². The van der Waals surface area contributed by atoms with Crippen molar-refractivity contribution in [1.82, 2.24) is 9.88 Å². The predicted molar refractivity (Wildman–Crippen MR) is 128 cm³/mol. The second kappa shape index (κ2) is 10.7. The number of ketones is 1. The Hall–Kier alpha value is -3.76. The second-order valence-electron chi connectivity index (χ2n) is 7.35. The van der Waals surface area contributed by atoms with Gasteiger partial charge in [0, 0.05) is 50.1 Å². The Balaban J connectivity index is 2.11. The molecule has 2 aromatic carbocycles. The maximum Gasteiger partial charge on any atom is 0.159 e. The number of aromatic nitrogens is 1. The fourth-order valence-corrected chi connectivity index (χ4v) is 3.23. The maximum absolute atomic E-state index is 13.8. The molecule has 0 aliphatic heterocycles. The highest BCUT2D eigenvalue weighted by Gasteiger charge is 2.16. The van der Waals surface area contributed by atoms with Crippen molar-refractivity contribution in [2.45, 2.75) is 20.2 Å². The average molecular weight is 455 g/mol. The van der Waals surface area contributed by atoms with E-state index >= 15 is 0 Å². The number of nitrogens with zero attached hydrogens (tertiary/aromatic N) is 3. The van der Waals surface area contributed by atoms with E-state index in [0.29, 0.717) is 16.6 Å². The molecule has 0 aliphatic rings. The van der Waals surface area contributed by atoms with Crippen molar-refractivity contribution in [2.24, 2.45) is 0 Å². The molecule has 3 aromatic rings. The molecule has 0 saturated carbocycles. The van der Waals surface area contributed by atoms with Crippen molar-refractivity contribution in [3.8, 4) is 11.8 Å². The summed E-state index contributed by atoms with van der Waals surface area (Å²) in [4.78, 5) is 18.1. The number of nitriles is 1. The molecule has 0 spiro atoms. The van der Waals surface area contributed by atoms with Gasteiger partial charge in [-0.25, -0.2) is 4.39 Å². The molecule has 0 bridgehead atoms. The van der Waals surface area contributed by atoms with E-state index in [-0.39, 0.29) is 41.0 Å². The van der Waals surface area contributed by atoms with E-state index < -0.39 is 32.0 Å². The number of likely N-dealkylation sites (N-methyl/N-ethyl adjacent to an activating group) is 1. The zero-order chi connectivity index (χ0) is 30.8. The SMILES string of the molecule is [2H]C([2H])([2H])N(C)C/C=C/C(=O)Cc1cc2c(Nc3ccc(F)c(C)c3)c(C#N)cnc2cc1OC([2H])([2H])C([2H])([2H])[2H]. The molecule has 1 aromatic heterocycles. The lowest BCUT2D eigenvalue weighted by atomic mass is 10.0. The number of carbonyl (C=O) groups excluding carboxylic acids is 1. The molecule has 0 unspecified atom stereocenters. The minimum absolute atomic E-state index is 0.0501. The number of hydrogen-bond donors (Lipinski definition) is 1. The molecule has 1 heterocycles. The number of benzene rings is 2. The number of rotatable bonds is 9. The van der Waals surface area contributed by atoms with Crippen molar-refractivity contribution < 1.29 is 24.9 Å². The third kappa shape index (κ3) is 5.93.